The van der Waals surface area contributed by atoms with E-state index in [0.29, 0.717) is 0 Å². The molecule has 0 amide bonds. The standard InChI is InChI=1S/C13H18.C11H14N2.C2H6/c1-5-9-11-13(8-4)12(7-3)10-6-2;1-9-5-2-3-6-10(9)11-12-7-4-8-13-11;1-2/h1,6,10-11H,2,7-9H2,3-4H3;2-3,5-6H,4,7-8H2,1H3,(H,12,13);1-2H3/b12-10-,13-11-;;. The summed E-state index contributed by atoms with van der Waals surface area (Å²) in [5.41, 5.74) is 5.21. The molecule has 1 aromatic carbocycles. The van der Waals surface area contributed by atoms with E-state index in [4.69, 9.17) is 6.42 Å². The molecule has 28 heavy (non-hydrogen) atoms. The lowest BCUT2D eigenvalue weighted by atomic mass is 10.00. The van der Waals surface area contributed by atoms with Gasteiger partial charge in [-0.15, -0.1) is 12.3 Å². The van der Waals surface area contributed by atoms with Crippen molar-refractivity contribution < 1.29 is 0 Å². The molecule has 2 nitrogen and oxygen atoms in total. The van der Waals surface area contributed by atoms with E-state index in [1.165, 1.54) is 22.3 Å². The summed E-state index contributed by atoms with van der Waals surface area (Å²) < 4.78 is 0. The summed E-state index contributed by atoms with van der Waals surface area (Å²) in [6, 6.07) is 8.35. The van der Waals surface area contributed by atoms with Gasteiger partial charge in [0.2, 0.25) is 0 Å². The minimum atomic E-state index is 0.720. The van der Waals surface area contributed by atoms with Crippen molar-refractivity contribution in [2.75, 3.05) is 13.1 Å². The van der Waals surface area contributed by atoms with E-state index in [0.717, 1.165) is 44.6 Å². The first kappa shape index (κ1) is 25.5. The molecule has 0 spiro atoms. The highest BCUT2D eigenvalue weighted by atomic mass is 15.0. The molecule has 0 saturated carbocycles. The lowest BCUT2D eigenvalue weighted by Crippen LogP contribution is -2.30. The molecule has 0 saturated heterocycles. The van der Waals surface area contributed by atoms with Gasteiger partial charge < -0.3 is 5.32 Å². The fourth-order valence-corrected chi connectivity index (χ4v) is 2.83. The van der Waals surface area contributed by atoms with Crippen LogP contribution >= 0.6 is 0 Å². The Morgan fingerprint density at radius 1 is 1.21 bits per heavy atom. The van der Waals surface area contributed by atoms with E-state index in [1.54, 1.807) is 0 Å². The molecule has 0 unspecified atom stereocenters. The quantitative estimate of drug-likeness (QED) is 0.436. The zero-order valence-corrected chi connectivity index (χ0v) is 18.5. The van der Waals surface area contributed by atoms with E-state index in [1.807, 2.05) is 19.9 Å². The molecule has 0 aromatic heterocycles. The van der Waals surface area contributed by atoms with Crippen LogP contribution in [0.3, 0.4) is 0 Å². The number of aliphatic imine (C=N–C) groups is 1. The van der Waals surface area contributed by atoms with Crippen LogP contribution in [0, 0.1) is 19.3 Å². The number of aryl methyl sites for hydroxylation is 1. The van der Waals surface area contributed by atoms with Gasteiger partial charge in [-0.1, -0.05) is 76.8 Å². The van der Waals surface area contributed by atoms with Gasteiger partial charge in [-0.05, 0) is 42.9 Å². The Balaban J connectivity index is 0.000000478. The summed E-state index contributed by atoms with van der Waals surface area (Å²) in [4.78, 5) is 4.47. The first-order valence-electron chi connectivity index (χ1n) is 10.5. The van der Waals surface area contributed by atoms with Crippen molar-refractivity contribution in [1.82, 2.24) is 5.32 Å². The fourth-order valence-electron chi connectivity index (χ4n) is 2.83. The monoisotopic (exact) mass is 378 g/mol. The van der Waals surface area contributed by atoms with Gasteiger partial charge >= 0.3 is 0 Å². The van der Waals surface area contributed by atoms with Crippen LogP contribution in [0.4, 0.5) is 0 Å². The highest BCUT2D eigenvalue weighted by Crippen LogP contribution is 2.17. The third-order valence-corrected chi connectivity index (χ3v) is 4.26. The van der Waals surface area contributed by atoms with Crippen molar-refractivity contribution in [2.24, 2.45) is 4.99 Å². The zero-order valence-electron chi connectivity index (χ0n) is 18.5. The van der Waals surface area contributed by atoms with Gasteiger partial charge in [0, 0.05) is 25.1 Å². The lowest BCUT2D eigenvalue weighted by Gasteiger charge is -2.15. The lowest BCUT2D eigenvalue weighted by molar-refractivity contribution is 0.742. The summed E-state index contributed by atoms with van der Waals surface area (Å²) in [5, 5.41) is 3.33. The van der Waals surface area contributed by atoms with Crippen LogP contribution in [-0.2, 0) is 0 Å². The van der Waals surface area contributed by atoms with Crippen LogP contribution < -0.4 is 5.32 Å². The van der Waals surface area contributed by atoms with E-state index >= 15 is 0 Å². The molecule has 0 radical (unpaired) electrons. The SMILES string of the molecule is C#CC/C=C(CC)\C(=C/C=C)CC.CC.Cc1ccccc1C1=NCCCN1. The molecular formula is C26H38N2. The Bertz CT molecular complexity index is 699. The largest absolute Gasteiger partial charge is 0.370 e. The highest BCUT2D eigenvalue weighted by molar-refractivity contribution is 6.00. The number of rotatable bonds is 6. The van der Waals surface area contributed by atoms with E-state index in [-0.39, 0.29) is 0 Å². The average molecular weight is 379 g/mol. The van der Waals surface area contributed by atoms with Crippen molar-refractivity contribution in [3.63, 3.8) is 0 Å². The predicted molar refractivity (Wildman–Crippen MR) is 127 cm³/mol. The van der Waals surface area contributed by atoms with Gasteiger partial charge in [0.25, 0.3) is 0 Å². The molecule has 1 N–H and O–H groups in total. The molecular weight excluding hydrogens is 340 g/mol. The molecule has 1 aromatic rings. The number of amidine groups is 1. The van der Waals surface area contributed by atoms with Crippen molar-refractivity contribution in [1.29, 1.82) is 0 Å². The van der Waals surface area contributed by atoms with Gasteiger partial charge in [-0.3, -0.25) is 4.99 Å². The van der Waals surface area contributed by atoms with Crippen LogP contribution in [0.1, 0.15) is 64.5 Å². The molecule has 1 aliphatic rings. The topological polar surface area (TPSA) is 24.4 Å². The average Bonchev–Trinajstić information content (AvgIpc) is 2.76. The van der Waals surface area contributed by atoms with Crippen molar-refractivity contribution in [3.8, 4) is 12.3 Å². The maximum absolute atomic E-state index is 5.21. The molecule has 152 valence electrons. The van der Waals surface area contributed by atoms with Crippen molar-refractivity contribution in [3.05, 3.63) is 71.3 Å². The van der Waals surface area contributed by atoms with Gasteiger partial charge in [0.1, 0.15) is 5.84 Å². The Morgan fingerprint density at radius 3 is 2.39 bits per heavy atom. The maximum atomic E-state index is 5.21. The van der Waals surface area contributed by atoms with Crippen LogP contribution in [0.2, 0.25) is 0 Å². The molecule has 1 heterocycles. The molecule has 1 aliphatic heterocycles. The minimum absolute atomic E-state index is 0.720. The van der Waals surface area contributed by atoms with Crippen LogP contribution in [-0.4, -0.2) is 18.9 Å². The summed E-state index contributed by atoms with van der Waals surface area (Å²) in [7, 11) is 0. The van der Waals surface area contributed by atoms with E-state index < -0.39 is 0 Å². The number of benzene rings is 1. The fraction of sp³-hybridized carbons (Fsp3) is 0.423. The van der Waals surface area contributed by atoms with E-state index in [2.05, 4.69) is 80.0 Å². The second-order valence-electron chi connectivity index (χ2n) is 6.10. The van der Waals surface area contributed by atoms with Gasteiger partial charge in [0.05, 0.1) is 0 Å². The maximum Gasteiger partial charge on any atom is 0.128 e. The van der Waals surface area contributed by atoms with Gasteiger partial charge in [0.15, 0.2) is 0 Å². The minimum Gasteiger partial charge on any atom is -0.370 e. The third-order valence-electron chi connectivity index (χ3n) is 4.26. The first-order valence-corrected chi connectivity index (χ1v) is 10.5. The molecule has 0 fully saturated rings. The summed E-state index contributed by atoms with van der Waals surface area (Å²) >= 11 is 0. The molecule has 2 rings (SSSR count). The second kappa shape index (κ2) is 16.6. The van der Waals surface area contributed by atoms with Crippen LogP contribution in [0.5, 0.6) is 0 Å². The number of nitrogens with zero attached hydrogens (tertiary/aromatic N) is 1. The van der Waals surface area contributed by atoms with Crippen molar-refractivity contribution >= 4 is 5.84 Å². The highest BCUT2D eigenvalue weighted by Gasteiger charge is 2.07. The molecule has 0 bridgehead atoms. The Labute approximate surface area is 173 Å². The molecule has 0 aliphatic carbocycles. The molecule has 0 atom stereocenters. The van der Waals surface area contributed by atoms with Crippen LogP contribution in [0.15, 0.2) is 65.2 Å². The van der Waals surface area contributed by atoms with Crippen LogP contribution in [0.25, 0.3) is 0 Å². The summed E-state index contributed by atoms with van der Waals surface area (Å²) in [5.74, 6) is 3.68. The number of terminal acetylenes is 1. The van der Waals surface area contributed by atoms with Crippen molar-refractivity contribution in [2.45, 2.75) is 60.3 Å². The Kier molecular flexibility index (Phi) is 15.1. The Hall–Kier alpha value is -2.53. The zero-order chi connectivity index (χ0) is 21.2. The summed E-state index contributed by atoms with van der Waals surface area (Å²) in [6.07, 6.45) is 15.2. The predicted octanol–water partition coefficient (Wildman–Crippen LogP) is 6.63. The Morgan fingerprint density at radius 2 is 1.89 bits per heavy atom. The van der Waals surface area contributed by atoms with Gasteiger partial charge in [-0.25, -0.2) is 0 Å². The van der Waals surface area contributed by atoms with E-state index in [9.17, 15) is 0 Å². The molecule has 2 heteroatoms. The third kappa shape index (κ3) is 9.42. The second-order valence-corrected chi connectivity index (χ2v) is 6.10. The number of hydrogen-bond acceptors (Lipinski definition) is 2. The normalized spacial score (nSPS) is 13.5. The number of nitrogens with one attached hydrogen (secondary N) is 1. The number of hydrogen-bond donors (Lipinski definition) is 1. The number of allylic oxidation sites excluding steroid dienone is 5. The van der Waals surface area contributed by atoms with Gasteiger partial charge in [-0.2, -0.15) is 0 Å². The first-order chi connectivity index (χ1) is 13.7. The smallest absolute Gasteiger partial charge is 0.128 e. The summed E-state index contributed by atoms with van der Waals surface area (Å²) in [6.45, 7) is 16.1.